The molecule has 10 heteroatoms. The molecular formula is C22H24N8O2. The molecule has 5 heterocycles. The highest BCUT2D eigenvalue weighted by Gasteiger charge is 2.41. The molecule has 0 bridgehead atoms. The molecule has 4 aromatic rings. The van der Waals surface area contributed by atoms with Crippen molar-refractivity contribution in [3.63, 3.8) is 0 Å². The number of fused-ring (bicyclic) bond motifs is 3. The van der Waals surface area contributed by atoms with Crippen molar-refractivity contribution in [1.29, 1.82) is 0 Å². The number of amides is 1. The molecule has 0 unspecified atom stereocenters. The van der Waals surface area contributed by atoms with Gasteiger partial charge in [0.25, 0.3) is 0 Å². The first-order valence-electron chi connectivity index (χ1n) is 10.8. The zero-order valence-electron chi connectivity index (χ0n) is 17.9. The van der Waals surface area contributed by atoms with Gasteiger partial charge in [0.1, 0.15) is 12.0 Å². The van der Waals surface area contributed by atoms with Gasteiger partial charge in [0.15, 0.2) is 5.65 Å². The summed E-state index contributed by atoms with van der Waals surface area (Å²) in [6, 6.07) is 4.22. The lowest BCUT2D eigenvalue weighted by atomic mass is 10.0. The minimum absolute atomic E-state index is 0.174. The normalized spacial score (nSPS) is 22.6. The van der Waals surface area contributed by atoms with E-state index in [1.807, 2.05) is 33.8 Å². The third-order valence-electron chi connectivity index (χ3n) is 6.82. The molecule has 2 N–H and O–H groups in total. The Morgan fingerprint density at radius 2 is 2.03 bits per heavy atom. The van der Waals surface area contributed by atoms with Gasteiger partial charge in [-0.05, 0) is 36.8 Å². The van der Waals surface area contributed by atoms with E-state index in [9.17, 15) is 4.79 Å². The number of anilines is 1. The van der Waals surface area contributed by atoms with E-state index in [2.05, 4.69) is 25.5 Å². The molecule has 6 rings (SSSR count). The second-order valence-electron chi connectivity index (χ2n) is 8.75. The highest BCUT2D eigenvalue weighted by Crippen LogP contribution is 2.40. The van der Waals surface area contributed by atoms with E-state index < -0.39 is 0 Å². The van der Waals surface area contributed by atoms with E-state index in [1.165, 1.54) is 0 Å². The predicted octanol–water partition coefficient (Wildman–Crippen LogP) is 2.34. The van der Waals surface area contributed by atoms with Gasteiger partial charge in [-0.1, -0.05) is 0 Å². The Hall–Kier alpha value is -3.69. The van der Waals surface area contributed by atoms with Gasteiger partial charge in [0.05, 0.1) is 12.5 Å². The number of aromatic nitrogens is 6. The monoisotopic (exact) mass is 432 g/mol. The van der Waals surface area contributed by atoms with Crippen LogP contribution in [0.2, 0.25) is 0 Å². The maximum atomic E-state index is 11.7. The number of likely N-dealkylation sites (tertiary alicyclic amines) is 1. The number of hydrogen-bond donors (Lipinski definition) is 2. The van der Waals surface area contributed by atoms with E-state index in [0.29, 0.717) is 29.7 Å². The third-order valence-corrected chi connectivity index (χ3v) is 6.82. The van der Waals surface area contributed by atoms with Crippen LogP contribution in [0.4, 0.5) is 5.95 Å². The van der Waals surface area contributed by atoms with Gasteiger partial charge >= 0.3 is 0 Å². The summed E-state index contributed by atoms with van der Waals surface area (Å²) in [4.78, 5) is 26.3. The Morgan fingerprint density at radius 1 is 1.22 bits per heavy atom. The van der Waals surface area contributed by atoms with Crippen molar-refractivity contribution in [2.24, 2.45) is 11.8 Å². The van der Waals surface area contributed by atoms with Crippen molar-refractivity contribution < 1.29 is 9.53 Å². The molecule has 0 spiro atoms. The third kappa shape index (κ3) is 3.05. The molecule has 2 aliphatic rings. The average Bonchev–Trinajstić information content (AvgIpc) is 3.54. The summed E-state index contributed by atoms with van der Waals surface area (Å²) < 4.78 is 7.53. The number of ether oxygens (including phenoxy) is 1. The molecule has 0 aromatic carbocycles. The lowest BCUT2D eigenvalue weighted by molar-refractivity contribution is -0.128. The number of carbonyl (C=O) groups is 1. The van der Waals surface area contributed by atoms with Crippen LogP contribution in [0.25, 0.3) is 27.8 Å². The summed E-state index contributed by atoms with van der Waals surface area (Å²) in [7, 11) is 1.63. The van der Waals surface area contributed by atoms with Crippen LogP contribution >= 0.6 is 0 Å². The summed E-state index contributed by atoms with van der Waals surface area (Å²) in [6.07, 6.45) is 7.62. The smallest absolute Gasteiger partial charge is 0.228 e. The van der Waals surface area contributed by atoms with Gasteiger partial charge in [-0.3, -0.25) is 9.20 Å². The van der Waals surface area contributed by atoms with Crippen LogP contribution in [0.5, 0.6) is 5.88 Å². The number of carbonyl (C=O) groups excluding carboxylic acids is 1. The Labute approximate surface area is 184 Å². The molecule has 1 saturated heterocycles. The number of rotatable bonds is 4. The highest BCUT2D eigenvalue weighted by atomic mass is 16.5. The summed E-state index contributed by atoms with van der Waals surface area (Å²) in [5.74, 6) is 2.36. The van der Waals surface area contributed by atoms with Crippen LogP contribution in [-0.2, 0) is 4.79 Å². The van der Waals surface area contributed by atoms with Crippen LogP contribution in [0.3, 0.4) is 0 Å². The summed E-state index contributed by atoms with van der Waals surface area (Å²) >= 11 is 0. The van der Waals surface area contributed by atoms with Crippen molar-refractivity contribution in [2.75, 3.05) is 25.5 Å². The van der Waals surface area contributed by atoms with Crippen molar-refractivity contribution in [3.05, 3.63) is 30.9 Å². The molecule has 1 amide bonds. The van der Waals surface area contributed by atoms with Crippen LogP contribution < -0.4 is 10.1 Å². The average molecular weight is 432 g/mol. The maximum Gasteiger partial charge on any atom is 0.228 e. The largest absolute Gasteiger partial charge is 0.480 e. The Bertz CT molecular complexity index is 1310. The molecule has 164 valence electrons. The Kier molecular flexibility index (Phi) is 4.27. The molecule has 32 heavy (non-hydrogen) atoms. The predicted molar refractivity (Wildman–Crippen MR) is 118 cm³/mol. The first kappa shape index (κ1) is 19.0. The van der Waals surface area contributed by atoms with Gasteiger partial charge < -0.3 is 19.9 Å². The quantitative estimate of drug-likeness (QED) is 0.509. The minimum atomic E-state index is 0.174. The standard InChI is InChI=1S/C22H24N8O2/c1-12(31)29-9-14-5-16(6-15(14)10-29)25-22-26-20-19(21(27-22)32-2)17(7-23-20)13-3-4-18-28-24-11-30(18)8-13/h3-4,7-8,11,14-16H,5-6,9-10H2,1-2H3,(H2,23,25,26,27)/t14-,15+,16+. The van der Waals surface area contributed by atoms with Crippen LogP contribution in [0.1, 0.15) is 19.8 Å². The van der Waals surface area contributed by atoms with E-state index >= 15 is 0 Å². The molecule has 1 aliphatic heterocycles. The van der Waals surface area contributed by atoms with E-state index in [1.54, 1.807) is 20.4 Å². The number of H-pyrrole nitrogens is 1. The summed E-state index contributed by atoms with van der Waals surface area (Å²) in [6.45, 7) is 3.37. The zero-order chi connectivity index (χ0) is 21.8. The number of nitrogens with one attached hydrogen (secondary N) is 2. The van der Waals surface area contributed by atoms with E-state index in [0.717, 1.165) is 53.7 Å². The van der Waals surface area contributed by atoms with Crippen molar-refractivity contribution >= 4 is 28.5 Å². The maximum absolute atomic E-state index is 11.7. The SMILES string of the molecule is COc1nc(N[C@H]2C[C@@H]3CN(C(C)=O)C[C@@H]3C2)nc2[nH]cc(-c3ccc4nncn4c3)c12. The van der Waals surface area contributed by atoms with Crippen molar-refractivity contribution in [3.8, 4) is 17.0 Å². The lowest BCUT2D eigenvalue weighted by Crippen LogP contribution is -2.29. The second-order valence-corrected chi connectivity index (χ2v) is 8.75. The van der Waals surface area contributed by atoms with E-state index in [4.69, 9.17) is 9.72 Å². The summed E-state index contributed by atoms with van der Waals surface area (Å²) in [5, 5.41) is 12.3. The van der Waals surface area contributed by atoms with Crippen molar-refractivity contribution in [2.45, 2.75) is 25.8 Å². The molecule has 2 fully saturated rings. The molecule has 4 aromatic heterocycles. The minimum Gasteiger partial charge on any atom is -0.480 e. The fourth-order valence-corrected chi connectivity index (χ4v) is 5.28. The Balaban J connectivity index is 1.27. The first-order valence-corrected chi connectivity index (χ1v) is 10.8. The molecular weight excluding hydrogens is 408 g/mol. The van der Waals surface area contributed by atoms with Gasteiger partial charge in [-0.2, -0.15) is 9.97 Å². The van der Waals surface area contributed by atoms with E-state index in [-0.39, 0.29) is 5.91 Å². The topological polar surface area (TPSA) is 113 Å². The number of nitrogens with zero attached hydrogens (tertiary/aromatic N) is 6. The summed E-state index contributed by atoms with van der Waals surface area (Å²) in [5.41, 5.74) is 3.46. The number of hydrogen-bond acceptors (Lipinski definition) is 7. The fourth-order valence-electron chi connectivity index (χ4n) is 5.28. The second kappa shape index (κ2) is 7.18. The molecule has 10 nitrogen and oxygen atoms in total. The molecule has 1 saturated carbocycles. The highest BCUT2D eigenvalue weighted by molar-refractivity contribution is 5.97. The van der Waals surface area contributed by atoms with Crippen LogP contribution in [0.15, 0.2) is 30.9 Å². The molecule has 3 atom stereocenters. The van der Waals surface area contributed by atoms with Gasteiger partial charge in [0, 0.05) is 49.6 Å². The van der Waals surface area contributed by atoms with Crippen LogP contribution in [0, 0.1) is 11.8 Å². The lowest BCUT2D eigenvalue weighted by Gasteiger charge is -2.18. The van der Waals surface area contributed by atoms with Crippen LogP contribution in [-0.4, -0.2) is 66.6 Å². The van der Waals surface area contributed by atoms with Gasteiger partial charge in [-0.15, -0.1) is 10.2 Å². The number of pyridine rings is 1. The van der Waals surface area contributed by atoms with Gasteiger partial charge in [0.2, 0.25) is 17.7 Å². The molecule has 1 aliphatic carbocycles. The van der Waals surface area contributed by atoms with Crippen molar-refractivity contribution in [1.82, 2.24) is 34.4 Å². The Morgan fingerprint density at radius 3 is 2.78 bits per heavy atom. The van der Waals surface area contributed by atoms with Gasteiger partial charge in [-0.25, -0.2) is 0 Å². The number of methoxy groups -OCH3 is 1. The first-order chi connectivity index (χ1) is 15.6. The fraction of sp³-hybridized carbons (Fsp3) is 0.409. The number of aromatic amines is 1. The zero-order valence-corrected chi connectivity index (χ0v) is 17.9. The molecule has 0 radical (unpaired) electrons.